The fraction of sp³-hybridized carbons (Fsp3) is 0.471. The molecule has 0 bridgehead atoms. The van der Waals surface area contributed by atoms with Crippen molar-refractivity contribution in [2.24, 2.45) is 0 Å². The molecule has 0 spiro atoms. The first-order valence-corrected chi connectivity index (χ1v) is 7.51. The van der Waals surface area contributed by atoms with E-state index < -0.39 is 0 Å². The van der Waals surface area contributed by atoms with Gasteiger partial charge in [0.25, 0.3) is 0 Å². The minimum Gasteiger partial charge on any atom is -0.493 e. The third kappa shape index (κ3) is 2.95. The van der Waals surface area contributed by atoms with Gasteiger partial charge in [-0.2, -0.15) is 5.10 Å². The van der Waals surface area contributed by atoms with Crippen molar-refractivity contribution in [3.63, 3.8) is 0 Å². The highest BCUT2D eigenvalue weighted by Crippen LogP contribution is 2.33. The number of ether oxygens (including phenoxy) is 1. The monoisotopic (exact) mass is 285 g/mol. The average Bonchev–Trinajstić information content (AvgIpc) is 3.05. The molecule has 2 aromatic rings. The first kappa shape index (κ1) is 14.1. The topological polar surface area (TPSA) is 49.9 Å². The van der Waals surface area contributed by atoms with Gasteiger partial charge in [0.1, 0.15) is 5.75 Å². The van der Waals surface area contributed by atoms with Gasteiger partial charge in [0, 0.05) is 41.2 Å². The lowest BCUT2D eigenvalue weighted by Gasteiger charge is -2.19. The van der Waals surface area contributed by atoms with Crippen molar-refractivity contribution in [1.29, 1.82) is 0 Å². The lowest BCUT2D eigenvalue weighted by molar-refractivity contribution is 0.326. The summed E-state index contributed by atoms with van der Waals surface area (Å²) in [5.41, 5.74) is 3.86. The van der Waals surface area contributed by atoms with Crippen LogP contribution in [0, 0.1) is 0 Å². The summed E-state index contributed by atoms with van der Waals surface area (Å²) in [6.07, 6.45) is 1.92. The molecule has 1 aliphatic rings. The summed E-state index contributed by atoms with van der Waals surface area (Å²) >= 11 is 0. The molecule has 4 heteroatoms. The summed E-state index contributed by atoms with van der Waals surface area (Å²) in [6.45, 7) is 9.12. The van der Waals surface area contributed by atoms with Crippen LogP contribution in [-0.4, -0.2) is 23.3 Å². The second-order valence-electron chi connectivity index (χ2n) is 6.70. The molecule has 0 radical (unpaired) electrons. The van der Waals surface area contributed by atoms with Gasteiger partial charge >= 0.3 is 0 Å². The van der Waals surface area contributed by atoms with Crippen LogP contribution in [0.1, 0.15) is 43.5 Å². The van der Waals surface area contributed by atoms with E-state index >= 15 is 0 Å². The summed E-state index contributed by atoms with van der Waals surface area (Å²) in [6, 6.07) is 8.31. The SMILES string of the molecule is CC(C)(C)c1[nH]ncc1CNCC1COc2ccccc21. The fourth-order valence-corrected chi connectivity index (χ4v) is 2.87. The highest BCUT2D eigenvalue weighted by atomic mass is 16.5. The van der Waals surface area contributed by atoms with E-state index in [0.717, 1.165) is 25.4 Å². The van der Waals surface area contributed by atoms with Crippen LogP contribution in [0.5, 0.6) is 5.75 Å². The van der Waals surface area contributed by atoms with Crippen LogP contribution >= 0.6 is 0 Å². The number of nitrogens with zero attached hydrogens (tertiary/aromatic N) is 1. The van der Waals surface area contributed by atoms with Crippen molar-refractivity contribution in [3.8, 4) is 5.75 Å². The molecule has 112 valence electrons. The van der Waals surface area contributed by atoms with Crippen LogP contribution in [0.25, 0.3) is 0 Å². The fourth-order valence-electron chi connectivity index (χ4n) is 2.87. The van der Waals surface area contributed by atoms with E-state index in [1.807, 2.05) is 18.3 Å². The molecule has 21 heavy (non-hydrogen) atoms. The molecule has 0 amide bonds. The van der Waals surface area contributed by atoms with E-state index in [4.69, 9.17) is 4.74 Å². The zero-order chi connectivity index (χ0) is 14.9. The smallest absolute Gasteiger partial charge is 0.122 e. The van der Waals surface area contributed by atoms with Gasteiger partial charge in [-0.15, -0.1) is 0 Å². The van der Waals surface area contributed by atoms with Crippen molar-refractivity contribution in [2.75, 3.05) is 13.2 Å². The lowest BCUT2D eigenvalue weighted by atomic mass is 9.89. The van der Waals surface area contributed by atoms with Crippen LogP contribution < -0.4 is 10.1 Å². The summed E-state index contributed by atoms with van der Waals surface area (Å²) in [5.74, 6) is 1.47. The van der Waals surface area contributed by atoms with Crippen LogP contribution in [0.4, 0.5) is 0 Å². The number of hydrogen-bond acceptors (Lipinski definition) is 3. The molecule has 1 unspecified atom stereocenters. The van der Waals surface area contributed by atoms with Crippen molar-refractivity contribution in [2.45, 2.75) is 38.6 Å². The molecule has 0 aliphatic carbocycles. The predicted octanol–water partition coefficient (Wildman–Crippen LogP) is 2.97. The van der Waals surface area contributed by atoms with E-state index in [1.165, 1.54) is 16.8 Å². The van der Waals surface area contributed by atoms with Crippen molar-refractivity contribution >= 4 is 0 Å². The third-order valence-electron chi connectivity index (χ3n) is 3.97. The standard InChI is InChI=1S/C17H23N3O/c1-17(2,3)16-12(10-19-20-16)8-18-9-13-11-21-15-7-5-4-6-14(13)15/h4-7,10,13,18H,8-9,11H2,1-3H3,(H,19,20). The Bertz CT molecular complexity index is 612. The highest BCUT2D eigenvalue weighted by molar-refractivity contribution is 5.39. The number of benzene rings is 1. The number of rotatable bonds is 4. The number of fused-ring (bicyclic) bond motifs is 1. The number of aromatic amines is 1. The Morgan fingerprint density at radius 3 is 2.95 bits per heavy atom. The van der Waals surface area contributed by atoms with Crippen molar-refractivity contribution in [3.05, 3.63) is 47.3 Å². The Morgan fingerprint density at radius 2 is 2.14 bits per heavy atom. The molecule has 1 aromatic heterocycles. The summed E-state index contributed by atoms with van der Waals surface area (Å²) < 4.78 is 5.72. The lowest BCUT2D eigenvalue weighted by Crippen LogP contribution is -2.24. The first-order valence-electron chi connectivity index (χ1n) is 7.51. The average molecular weight is 285 g/mol. The van der Waals surface area contributed by atoms with E-state index in [1.54, 1.807) is 0 Å². The Morgan fingerprint density at radius 1 is 1.33 bits per heavy atom. The number of H-pyrrole nitrogens is 1. The third-order valence-corrected chi connectivity index (χ3v) is 3.97. The molecule has 4 nitrogen and oxygen atoms in total. The minimum atomic E-state index is 0.0938. The van der Waals surface area contributed by atoms with E-state index in [0.29, 0.717) is 5.92 Å². The summed E-state index contributed by atoms with van der Waals surface area (Å²) in [5, 5.41) is 10.9. The number of nitrogens with one attached hydrogen (secondary N) is 2. The zero-order valence-electron chi connectivity index (χ0n) is 12.9. The van der Waals surface area contributed by atoms with E-state index in [2.05, 4.69) is 48.4 Å². The molecule has 0 saturated carbocycles. The molecule has 1 aliphatic heterocycles. The molecule has 3 rings (SSSR count). The summed E-state index contributed by atoms with van der Waals surface area (Å²) in [4.78, 5) is 0. The van der Waals surface area contributed by atoms with Gasteiger partial charge in [-0.3, -0.25) is 5.10 Å². The van der Waals surface area contributed by atoms with Gasteiger partial charge in [0.15, 0.2) is 0 Å². The van der Waals surface area contributed by atoms with Crippen LogP contribution in [-0.2, 0) is 12.0 Å². The van der Waals surface area contributed by atoms with Gasteiger partial charge in [0.05, 0.1) is 12.8 Å². The van der Waals surface area contributed by atoms with Crippen LogP contribution in [0.3, 0.4) is 0 Å². The van der Waals surface area contributed by atoms with Gasteiger partial charge in [0.2, 0.25) is 0 Å². The molecular weight excluding hydrogens is 262 g/mol. The van der Waals surface area contributed by atoms with Gasteiger partial charge < -0.3 is 10.1 Å². The van der Waals surface area contributed by atoms with Gasteiger partial charge in [-0.1, -0.05) is 39.0 Å². The Hall–Kier alpha value is -1.81. The molecule has 1 atom stereocenters. The predicted molar refractivity (Wildman–Crippen MR) is 83.7 cm³/mol. The molecular formula is C17H23N3O. The minimum absolute atomic E-state index is 0.0938. The highest BCUT2D eigenvalue weighted by Gasteiger charge is 2.24. The normalized spacial score (nSPS) is 17.6. The number of hydrogen-bond donors (Lipinski definition) is 2. The maximum atomic E-state index is 5.72. The van der Waals surface area contributed by atoms with E-state index in [9.17, 15) is 0 Å². The van der Waals surface area contributed by atoms with Crippen LogP contribution in [0.15, 0.2) is 30.5 Å². The largest absolute Gasteiger partial charge is 0.493 e. The maximum Gasteiger partial charge on any atom is 0.122 e. The molecule has 0 fully saturated rings. The zero-order valence-corrected chi connectivity index (χ0v) is 12.9. The number of aromatic nitrogens is 2. The molecule has 2 heterocycles. The second kappa shape index (κ2) is 5.53. The van der Waals surface area contributed by atoms with Crippen molar-refractivity contribution < 1.29 is 4.74 Å². The maximum absolute atomic E-state index is 5.72. The molecule has 1 aromatic carbocycles. The molecule has 0 saturated heterocycles. The van der Waals surface area contributed by atoms with Crippen molar-refractivity contribution in [1.82, 2.24) is 15.5 Å². The quantitative estimate of drug-likeness (QED) is 0.908. The van der Waals surface area contributed by atoms with Gasteiger partial charge in [-0.25, -0.2) is 0 Å². The molecule has 2 N–H and O–H groups in total. The second-order valence-corrected chi connectivity index (χ2v) is 6.70. The van der Waals surface area contributed by atoms with Gasteiger partial charge in [-0.05, 0) is 6.07 Å². The Labute approximate surface area is 125 Å². The first-order chi connectivity index (χ1) is 10.1. The summed E-state index contributed by atoms with van der Waals surface area (Å²) in [7, 11) is 0. The number of para-hydroxylation sites is 1. The van der Waals surface area contributed by atoms with Crippen LogP contribution in [0.2, 0.25) is 0 Å². The Kier molecular flexibility index (Phi) is 3.72. The van der Waals surface area contributed by atoms with E-state index in [-0.39, 0.29) is 5.41 Å². The Balaban J connectivity index is 1.60.